The van der Waals surface area contributed by atoms with Gasteiger partial charge in [0.25, 0.3) is 0 Å². The Morgan fingerprint density at radius 2 is 1.61 bits per heavy atom. The van der Waals surface area contributed by atoms with Gasteiger partial charge in [-0.1, -0.05) is 98.0 Å². The van der Waals surface area contributed by atoms with E-state index in [2.05, 4.69) is 122 Å². The number of allylic oxidation sites excluding steroid dienone is 3. The molecule has 3 aromatic rings. The average Bonchev–Trinajstić information content (AvgIpc) is 2.81. The maximum absolute atomic E-state index is 3.73. The van der Waals surface area contributed by atoms with Crippen LogP contribution in [0.15, 0.2) is 97.1 Å². The summed E-state index contributed by atoms with van der Waals surface area (Å²) in [6.45, 7) is 4.59. The zero-order valence-corrected chi connectivity index (χ0v) is 18.3. The molecule has 1 nitrogen and oxygen atoms in total. The topological polar surface area (TPSA) is 12.0 Å². The van der Waals surface area contributed by atoms with Crippen LogP contribution in [0.1, 0.15) is 49.3 Å². The summed E-state index contributed by atoms with van der Waals surface area (Å²) in [5.74, 6) is 0.596. The van der Waals surface area contributed by atoms with Gasteiger partial charge >= 0.3 is 0 Å². The Bertz CT molecular complexity index is 1160. The third-order valence-corrected chi connectivity index (χ3v) is 6.55. The van der Waals surface area contributed by atoms with Gasteiger partial charge in [0.15, 0.2) is 0 Å². The van der Waals surface area contributed by atoms with Gasteiger partial charge in [0.05, 0.1) is 5.54 Å². The molecule has 1 unspecified atom stereocenters. The quantitative estimate of drug-likeness (QED) is 0.464. The van der Waals surface area contributed by atoms with Crippen molar-refractivity contribution < 1.29 is 0 Å². The summed E-state index contributed by atoms with van der Waals surface area (Å²) in [6.07, 6.45) is 13.7. The van der Waals surface area contributed by atoms with Gasteiger partial charge in [-0.15, -0.1) is 0 Å². The second-order valence-electron chi connectivity index (χ2n) is 9.03. The van der Waals surface area contributed by atoms with Crippen LogP contribution in [0, 0.1) is 0 Å². The van der Waals surface area contributed by atoms with Gasteiger partial charge in [0.1, 0.15) is 0 Å². The van der Waals surface area contributed by atoms with Crippen LogP contribution in [0.25, 0.3) is 22.8 Å². The van der Waals surface area contributed by atoms with Gasteiger partial charge in [-0.05, 0) is 71.2 Å². The number of fused-ring (bicyclic) bond motifs is 1. The highest BCUT2D eigenvalue weighted by molar-refractivity contribution is 5.83. The minimum Gasteiger partial charge on any atom is -0.376 e. The maximum Gasteiger partial charge on any atom is 0.0566 e. The summed E-state index contributed by atoms with van der Waals surface area (Å²) in [4.78, 5) is 0. The highest BCUT2D eigenvalue weighted by atomic mass is 15.0. The Morgan fingerprint density at radius 1 is 0.839 bits per heavy atom. The number of nitrogens with one attached hydrogen (secondary N) is 1. The fourth-order valence-electron chi connectivity index (χ4n) is 4.70. The molecular formula is C30H29N. The van der Waals surface area contributed by atoms with E-state index in [0.717, 1.165) is 18.5 Å². The fourth-order valence-corrected chi connectivity index (χ4v) is 4.70. The van der Waals surface area contributed by atoms with Crippen molar-refractivity contribution in [3.05, 3.63) is 114 Å². The monoisotopic (exact) mass is 403 g/mol. The average molecular weight is 404 g/mol. The van der Waals surface area contributed by atoms with Crippen LogP contribution in [-0.4, -0.2) is 5.54 Å². The fraction of sp³-hybridized carbons (Fsp3) is 0.200. The van der Waals surface area contributed by atoms with Crippen molar-refractivity contribution in [2.45, 2.75) is 38.1 Å². The van der Waals surface area contributed by atoms with Crippen molar-refractivity contribution in [1.29, 1.82) is 0 Å². The first kappa shape index (κ1) is 19.6. The minimum absolute atomic E-state index is 0.0876. The summed E-state index contributed by atoms with van der Waals surface area (Å²) in [6, 6.07) is 26.0. The molecular weight excluding hydrogens is 374 g/mol. The first-order valence-corrected chi connectivity index (χ1v) is 11.2. The Hall–Kier alpha value is -3.32. The van der Waals surface area contributed by atoms with Crippen LogP contribution >= 0.6 is 0 Å². The molecule has 5 rings (SSSR count). The number of rotatable bonds is 4. The molecule has 1 N–H and O–H groups in total. The molecule has 1 heteroatoms. The Balaban J connectivity index is 1.33. The standard InChI is InChI=1S/C30H29N/c1-22-8-6-13-29-27(22)11-7-12-28(29)25-18-20-30(2,21-19-25)31-26-16-14-24(15-17-26)23-9-4-3-5-10-23/h3-7,9-20,22,31H,8,21H2,1-2H3/t22?,30-/m0/s1. The molecule has 0 spiro atoms. The van der Waals surface area contributed by atoms with Crippen molar-refractivity contribution >= 4 is 17.3 Å². The summed E-state index contributed by atoms with van der Waals surface area (Å²) < 4.78 is 0. The van der Waals surface area contributed by atoms with Crippen molar-refractivity contribution in [2.24, 2.45) is 0 Å². The molecule has 0 aromatic heterocycles. The van der Waals surface area contributed by atoms with E-state index in [1.165, 1.54) is 33.4 Å². The molecule has 0 bridgehead atoms. The van der Waals surface area contributed by atoms with Crippen LogP contribution in [0.2, 0.25) is 0 Å². The molecule has 3 aromatic carbocycles. The number of anilines is 1. The normalized spacial score (nSPS) is 22.0. The molecule has 31 heavy (non-hydrogen) atoms. The van der Waals surface area contributed by atoms with Crippen LogP contribution < -0.4 is 5.32 Å². The summed E-state index contributed by atoms with van der Waals surface area (Å²) in [7, 11) is 0. The van der Waals surface area contributed by atoms with E-state index in [1.54, 1.807) is 0 Å². The van der Waals surface area contributed by atoms with Gasteiger partial charge < -0.3 is 5.32 Å². The largest absolute Gasteiger partial charge is 0.376 e. The van der Waals surface area contributed by atoms with Gasteiger partial charge in [-0.3, -0.25) is 0 Å². The van der Waals surface area contributed by atoms with E-state index in [0.29, 0.717) is 5.92 Å². The number of hydrogen-bond acceptors (Lipinski definition) is 1. The highest BCUT2D eigenvalue weighted by Gasteiger charge is 2.24. The van der Waals surface area contributed by atoms with Crippen LogP contribution in [0.3, 0.4) is 0 Å². The van der Waals surface area contributed by atoms with Gasteiger partial charge in [0.2, 0.25) is 0 Å². The second kappa shape index (κ2) is 8.07. The third kappa shape index (κ3) is 4.01. The Kier molecular flexibility index (Phi) is 5.11. The molecule has 0 amide bonds. The Labute approximate surface area is 185 Å². The maximum atomic E-state index is 3.73. The van der Waals surface area contributed by atoms with E-state index in [9.17, 15) is 0 Å². The molecule has 0 saturated heterocycles. The molecule has 0 radical (unpaired) electrons. The van der Waals surface area contributed by atoms with Crippen LogP contribution in [0.4, 0.5) is 5.69 Å². The summed E-state index contributed by atoms with van der Waals surface area (Å²) >= 11 is 0. The summed E-state index contributed by atoms with van der Waals surface area (Å²) in [5, 5.41) is 3.73. The molecule has 0 aliphatic heterocycles. The van der Waals surface area contributed by atoms with E-state index in [1.807, 2.05) is 0 Å². The van der Waals surface area contributed by atoms with E-state index in [-0.39, 0.29) is 5.54 Å². The predicted molar refractivity (Wildman–Crippen MR) is 134 cm³/mol. The first-order valence-electron chi connectivity index (χ1n) is 11.2. The lowest BCUT2D eigenvalue weighted by Crippen LogP contribution is -2.33. The predicted octanol–water partition coefficient (Wildman–Crippen LogP) is 8.09. The van der Waals surface area contributed by atoms with Crippen molar-refractivity contribution in [2.75, 3.05) is 5.32 Å². The molecule has 2 aliphatic rings. The zero-order chi connectivity index (χ0) is 21.3. The molecule has 0 saturated carbocycles. The van der Waals surface area contributed by atoms with E-state index in [4.69, 9.17) is 0 Å². The molecule has 0 fully saturated rings. The zero-order valence-electron chi connectivity index (χ0n) is 18.3. The third-order valence-electron chi connectivity index (χ3n) is 6.55. The van der Waals surface area contributed by atoms with Gasteiger partial charge in [-0.2, -0.15) is 0 Å². The van der Waals surface area contributed by atoms with E-state index < -0.39 is 0 Å². The lowest BCUT2D eigenvalue weighted by atomic mass is 9.81. The van der Waals surface area contributed by atoms with Crippen molar-refractivity contribution in [3.8, 4) is 11.1 Å². The van der Waals surface area contributed by atoms with Crippen molar-refractivity contribution in [3.63, 3.8) is 0 Å². The van der Waals surface area contributed by atoms with E-state index >= 15 is 0 Å². The summed E-state index contributed by atoms with van der Waals surface area (Å²) in [5.41, 5.74) is 9.10. The molecule has 2 atom stereocenters. The molecule has 2 aliphatic carbocycles. The van der Waals surface area contributed by atoms with Crippen molar-refractivity contribution in [1.82, 2.24) is 0 Å². The SMILES string of the molecule is CC1CC=Cc2c(C3=CC[C@@](C)(Nc4ccc(-c5ccccc5)cc4)C=C3)cccc21. The minimum atomic E-state index is -0.0876. The van der Waals surface area contributed by atoms with Crippen LogP contribution in [0.5, 0.6) is 0 Å². The van der Waals surface area contributed by atoms with Gasteiger partial charge in [0, 0.05) is 5.69 Å². The highest BCUT2D eigenvalue weighted by Crippen LogP contribution is 2.37. The lowest BCUT2D eigenvalue weighted by Gasteiger charge is -2.31. The van der Waals surface area contributed by atoms with Gasteiger partial charge in [-0.25, -0.2) is 0 Å². The Morgan fingerprint density at radius 3 is 2.35 bits per heavy atom. The second-order valence-corrected chi connectivity index (χ2v) is 9.03. The lowest BCUT2D eigenvalue weighted by molar-refractivity contribution is 0.642. The number of hydrogen-bond donors (Lipinski definition) is 1. The molecule has 0 heterocycles. The van der Waals surface area contributed by atoms with Crippen LogP contribution in [-0.2, 0) is 0 Å². The first-order chi connectivity index (χ1) is 15.1. The molecule has 154 valence electrons. The smallest absolute Gasteiger partial charge is 0.0566 e. The number of benzene rings is 3.